The molecule has 0 spiro atoms. The molecule has 1 fully saturated rings. The van der Waals surface area contributed by atoms with E-state index in [1.165, 1.54) is 0 Å². The van der Waals surface area contributed by atoms with Crippen molar-refractivity contribution in [1.82, 2.24) is 4.90 Å². The average Bonchev–Trinajstić information content (AvgIpc) is 2.32. The zero-order chi connectivity index (χ0) is 12.4. The van der Waals surface area contributed by atoms with E-state index in [-0.39, 0.29) is 11.3 Å². The fraction of sp³-hybridized carbons (Fsp3) is 0.417. The van der Waals surface area contributed by atoms with E-state index in [4.69, 9.17) is 11.6 Å². The first kappa shape index (κ1) is 13.4. The SMILES string of the molecule is O=C(c1cc(Br)ccc1Br)N1CCC(Cl)CC1. The number of amides is 1. The summed E-state index contributed by atoms with van der Waals surface area (Å²) >= 11 is 12.8. The first-order valence-electron chi connectivity index (χ1n) is 5.46. The van der Waals surface area contributed by atoms with Crippen molar-refractivity contribution < 1.29 is 4.79 Å². The molecule has 1 aliphatic heterocycles. The van der Waals surface area contributed by atoms with E-state index in [2.05, 4.69) is 31.9 Å². The average molecular weight is 381 g/mol. The maximum atomic E-state index is 12.3. The molecule has 0 bridgehead atoms. The van der Waals surface area contributed by atoms with Crippen molar-refractivity contribution in [2.75, 3.05) is 13.1 Å². The molecule has 1 aromatic carbocycles. The van der Waals surface area contributed by atoms with Crippen LogP contribution in [-0.4, -0.2) is 29.3 Å². The lowest BCUT2D eigenvalue weighted by atomic mass is 10.1. The monoisotopic (exact) mass is 379 g/mol. The Morgan fingerprint density at radius 2 is 1.94 bits per heavy atom. The largest absolute Gasteiger partial charge is 0.339 e. The smallest absolute Gasteiger partial charge is 0.255 e. The number of carbonyl (C=O) groups excluding carboxylic acids is 1. The molecule has 2 nitrogen and oxygen atoms in total. The highest BCUT2D eigenvalue weighted by molar-refractivity contribution is 9.11. The summed E-state index contributed by atoms with van der Waals surface area (Å²) in [5, 5.41) is 0.213. The fourth-order valence-corrected chi connectivity index (χ4v) is 2.86. The van der Waals surface area contributed by atoms with Gasteiger partial charge in [0.2, 0.25) is 0 Å². The lowest BCUT2D eigenvalue weighted by molar-refractivity contribution is 0.0725. The summed E-state index contributed by atoms with van der Waals surface area (Å²) in [6, 6.07) is 5.64. The van der Waals surface area contributed by atoms with Crippen LogP contribution in [0.15, 0.2) is 27.1 Å². The third-order valence-corrected chi connectivity index (χ3v) is 4.49. The van der Waals surface area contributed by atoms with Gasteiger partial charge in [0.1, 0.15) is 0 Å². The van der Waals surface area contributed by atoms with Crippen LogP contribution in [0.3, 0.4) is 0 Å². The molecular formula is C12H12Br2ClNO. The van der Waals surface area contributed by atoms with Gasteiger partial charge in [-0.25, -0.2) is 0 Å². The predicted octanol–water partition coefficient (Wildman–Crippen LogP) is 4.06. The molecule has 1 heterocycles. The van der Waals surface area contributed by atoms with Crippen molar-refractivity contribution in [1.29, 1.82) is 0 Å². The lowest BCUT2D eigenvalue weighted by Crippen LogP contribution is -2.38. The third-order valence-electron chi connectivity index (χ3n) is 2.87. The van der Waals surface area contributed by atoms with Gasteiger partial charge in [-0.15, -0.1) is 11.6 Å². The number of benzene rings is 1. The van der Waals surface area contributed by atoms with Crippen molar-refractivity contribution in [3.63, 3.8) is 0 Å². The van der Waals surface area contributed by atoms with Crippen LogP contribution in [0, 0.1) is 0 Å². The Balaban J connectivity index is 2.16. The van der Waals surface area contributed by atoms with Gasteiger partial charge in [0.05, 0.1) is 5.56 Å². The summed E-state index contributed by atoms with van der Waals surface area (Å²) in [6.07, 6.45) is 1.75. The van der Waals surface area contributed by atoms with Gasteiger partial charge in [0, 0.05) is 27.4 Å². The Bertz CT molecular complexity index is 431. The molecule has 1 aliphatic rings. The number of carbonyl (C=O) groups is 1. The second-order valence-corrected chi connectivity index (χ2v) is 6.48. The summed E-state index contributed by atoms with van der Waals surface area (Å²) in [5.74, 6) is 0.0711. The van der Waals surface area contributed by atoms with Crippen molar-refractivity contribution in [2.45, 2.75) is 18.2 Å². The number of hydrogen-bond acceptors (Lipinski definition) is 1. The summed E-state index contributed by atoms with van der Waals surface area (Å²) in [5.41, 5.74) is 0.701. The highest BCUT2D eigenvalue weighted by Gasteiger charge is 2.23. The standard InChI is InChI=1S/C12H12Br2ClNO/c13-8-1-2-11(14)10(7-8)12(17)16-5-3-9(15)4-6-16/h1-2,7,9H,3-6H2. The molecule has 92 valence electrons. The van der Waals surface area contributed by atoms with Crippen molar-refractivity contribution in [3.8, 4) is 0 Å². The molecule has 17 heavy (non-hydrogen) atoms. The molecular weight excluding hydrogens is 369 g/mol. The highest BCUT2D eigenvalue weighted by Crippen LogP contribution is 2.25. The summed E-state index contributed by atoms with van der Waals surface area (Å²) in [7, 11) is 0. The number of alkyl halides is 1. The zero-order valence-electron chi connectivity index (χ0n) is 9.13. The second-order valence-electron chi connectivity index (χ2n) is 4.09. The number of piperidine rings is 1. The van der Waals surface area contributed by atoms with E-state index in [1.807, 2.05) is 23.1 Å². The first-order valence-corrected chi connectivity index (χ1v) is 7.48. The van der Waals surface area contributed by atoms with Crippen LogP contribution in [0.5, 0.6) is 0 Å². The highest BCUT2D eigenvalue weighted by atomic mass is 79.9. The molecule has 0 N–H and O–H groups in total. The number of hydrogen-bond donors (Lipinski definition) is 0. The minimum absolute atomic E-state index is 0.0711. The maximum absolute atomic E-state index is 12.3. The van der Waals surface area contributed by atoms with Crippen LogP contribution >= 0.6 is 43.5 Å². The van der Waals surface area contributed by atoms with Gasteiger partial charge in [-0.1, -0.05) is 15.9 Å². The molecule has 0 radical (unpaired) electrons. The van der Waals surface area contributed by atoms with Crippen molar-refractivity contribution in [2.24, 2.45) is 0 Å². The molecule has 1 aromatic rings. The predicted molar refractivity (Wildman–Crippen MR) is 76.6 cm³/mol. The van der Waals surface area contributed by atoms with E-state index in [1.54, 1.807) is 0 Å². The number of rotatable bonds is 1. The summed E-state index contributed by atoms with van der Waals surface area (Å²) in [6.45, 7) is 1.48. The second kappa shape index (κ2) is 5.72. The molecule has 0 aliphatic carbocycles. The number of likely N-dealkylation sites (tertiary alicyclic amines) is 1. The molecule has 2 rings (SSSR count). The Morgan fingerprint density at radius 3 is 2.59 bits per heavy atom. The van der Waals surface area contributed by atoms with Crippen LogP contribution in [0.25, 0.3) is 0 Å². The van der Waals surface area contributed by atoms with Crippen LogP contribution < -0.4 is 0 Å². The number of nitrogens with zero attached hydrogens (tertiary/aromatic N) is 1. The Hall–Kier alpha value is -0.0600. The zero-order valence-corrected chi connectivity index (χ0v) is 13.1. The molecule has 5 heteroatoms. The Morgan fingerprint density at radius 1 is 1.29 bits per heavy atom. The van der Waals surface area contributed by atoms with Crippen molar-refractivity contribution >= 4 is 49.4 Å². The first-order chi connectivity index (χ1) is 8.08. The Labute approximate surface area is 123 Å². The third kappa shape index (κ3) is 3.24. The quantitative estimate of drug-likeness (QED) is 0.672. The van der Waals surface area contributed by atoms with E-state index in [0.717, 1.165) is 34.9 Å². The molecule has 0 saturated carbocycles. The minimum atomic E-state index is 0.0711. The molecule has 0 aromatic heterocycles. The van der Waals surface area contributed by atoms with E-state index in [0.29, 0.717) is 5.56 Å². The minimum Gasteiger partial charge on any atom is -0.339 e. The van der Waals surface area contributed by atoms with Crippen LogP contribution in [-0.2, 0) is 0 Å². The van der Waals surface area contributed by atoms with E-state index in [9.17, 15) is 4.79 Å². The summed E-state index contributed by atoms with van der Waals surface area (Å²) < 4.78 is 1.75. The van der Waals surface area contributed by atoms with E-state index < -0.39 is 0 Å². The van der Waals surface area contributed by atoms with Gasteiger partial charge in [-0.05, 0) is 47.0 Å². The van der Waals surface area contributed by atoms with Gasteiger partial charge in [-0.2, -0.15) is 0 Å². The van der Waals surface area contributed by atoms with Crippen LogP contribution in [0.4, 0.5) is 0 Å². The molecule has 1 amide bonds. The molecule has 0 atom stereocenters. The maximum Gasteiger partial charge on any atom is 0.255 e. The van der Waals surface area contributed by atoms with Gasteiger partial charge < -0.3 is 4.90 Å². The van der Waals surface area contributed by atoms with Gasteiger partial charge in [0.25, 0.3) is 5.91 Å². The van der Waals surface area contributed by atoms with Crippen LogP contribution in [0.1, 0.15) is 23.2 Å². The molecule has 1 saturated heterocycles. The van der Waals surface area contributed by atoms with Gasteiger partial charge in [0.15, 0.2) is 0 Å². The fourth-order valence-electron chi connectivity index (χ4n) is 1.88. The Kier molecular flexibility index (Phi) is 4.50. The van der Waals surface area contributed by atoms with Gasteiger partial charge >= 0.3 is 0 Å². The summed E-state index contributed by atoms with van der Waals surface area (Å²) in [4.78, 5) is 14.2. The van der Waals surface area contributed by atoms with Crippen molar-refractivity contribution in [3.05, 3.63) is 32.7 Å². The number of halogens is 3. The van der Waals surface area contributed by atoms with Crippen LogP contribution in [0.2, 0.25) is 0 Å². The van der Waals surface area contributed by atoms with E-state index >= 15 is 0 Å². The van der Waals surface area contributed by atoms with Gasteiger partial charge in [-0.3, -0.25) is 4.79 Å². The normalized spacial score (nSPS) is 17.2. The topological polar surface area (TPSA) is 20.3 Å². The lowest BCUT2D eigenvalue weighted by Gasteiger charge is -2.29. The molecule has 0 unspecified atom stereocenters.